The van der Waals surface area contributed by atoms with E-state index in [2.05, 4.69) is 6.07 Å². The van der Waals surface area contributed by atoms with E-state index in [1.54, 1.807) is 25.1 Å². The molecular weight excluding hydrogens is 245 g/mol. The fourth-order valence-corrected chi connectivity index (χ4v) is 2.05. The summed E-state index contributed by atoms with van der Waals surface area (Å²) in [6.45, 7) is 1.70. The Labute approximate surface area is 105 Å². The lowest BCUT2D eigenvalue weighted by atomic mass is 9.91. The van der Waals surface area contributed by atoms with Gasteiger partial charge in [0.1, 0.15) is 0 Å². The summed E-state index contributed by atoms with van der Waals surface area (Å²) in [7, 11) is 0. The molecule has 16 heavy (non-hydrogen) atoms. The van der Waals surface area contributed by atoms with Gasteiger partial charge in [-0.15, -0.1) is 0 Å². The SMILES string of the molecule is CC(O)(CCCC#N)c1cc(Cl)cc(Cl)c1. The Hall–Kier alpha value is -0.750. The Balaban J connectivity index is 2.85. The smallest absolute Gasteiger partial charge is 0.0869 e. The van der Waals surface area contributed by atoms with Gasteiger partial charge in [0.15, 0.2) is 0 Å². The van der Waals surface area contributed by atoms with E-state index >= 15 is 0 Å². The second-order valence-electron chi connectivity index (χ2n) is 3.94. The second kappa shape index (κ2) is 5.54. The quantitative estimate of drug-likeness (QED) is 0.832. The van der Waals surface area contributed by atoms with Crippen molar-refractivity contribution in [3.05, 3.63) is 33.8 Å². The van der Waals surface area contributed by atoms with Gasteiger partial charge in [0.25, 0.3) is 0 Å². The molecule has 1 rings (SSSR count). The monoisotopic (exact) mass is 257 g/mol. The lowest BCUT2D eigenvalue weighted by Crippen LogP contribution is -2.20. The van der Waals surface area contributed by atoms with Crippen LogP contribution >= 0.6 is 23.2 Å². The van der Waals surface area contributed by atoms with Crippen molar-refractivity contribution in [1.29, 1.82) is 5.26 Å². The van der Waals surface area contributed by atoms with Gasteiger partial charge in [-0.3, -0.25) is 0 Å². The lowest BCUT2D eigenvalue weighted by Gasteiger charge is -2.23. The predicted molar refractivity (Wildman–Crippen MR) is 65.5 cm³/mol. The van der Waals surface area contributed by atoms with E-state index in [1.807, 2.05) is 0 Å². The number of aliphatic hydroxyl groups is 1. The van der Waals surface area contributed by atoms with E-state index in [0.29, 0.717) is 34.9 Å². The highest BCUT2D eigenvalue weighted by Crippen LogP contribution is 2.30. The predicted octanol–water partition coefficient (Wildman–Crippen LogP) is 3.89. The largest absolute Gasteiger partial charge is 0.385 e. The molecule has 0 aromatic heterocycles. The second-order valence-corrected chi connectivity index (χ2v) is 4.82. The lowest BCUT2D eigenvalue weighted by molar-refractivity contribution is 0.0460. The molecule has 0 heterocycles. The zero-order valence-corrected chi connectivity index (χ0v) is 10.5. The Morgan fingerprint density at radius 3 is 2.38 bits per heavy atom. The Morgan fingerprint density at radius 2 is 1.88 bits per heavy atom. The molecule has 0 bridgehead atoms. The fourth-order valence-electron chi connectivity index (χ4n) is 1.52. The van der Waals surface area contributed by atoms with Gasteiger partial charge in [0.05, 0.1) is 11.7 Å². The van der Waals surface area contributed by atoms with Crippen molar-refractivity contribution in [2.24, 2.45) is 0 Å². The number of nitrogens with zero attached hydrogens (tertiary/aromatic N) is 1. The zero-order chi connectivity index (χ0) is 12.2. The molecule has 0 amide bonds. The van der Waals surface area contributed by atoms with E-state index < -0.39 is 5.60 Å². The number of halogens is 2. The highest BCUT2D eigenvalue weighted by atomic mass is 35.5. The third-order valence-corrected chi connectivity index (χ3v) is 2.87. The highest BCUT2D eigenvalue weighted by Gasteiger charge is 2.23. The van der Waals surface area contributed by atoms with E-state index in [-0.39, 0.29) is 0 Å². The number of unbranched alkanes of at least 4 members (excludes halogenated alkanes) is 1. The minimum atomic E-state index is -0.995. The van der Waals surface area contributed by atoms with Crippen LogP contribution in [0.15, 0.2) is 18.2 Å². The Kier molecular flexibility index (Phi) is 4.61. The van der Waals surface area contributed by atoms with Gasteiger partial charge in [-0.05, 0) is 43.5 Å². The van der Waals surface area contributed by atoms with Crippen LogP contribution in [0.5, 0.6) is 0 Å². The van der Waals surface area contributed by atoms with Gasteiger partial charge >= 0.3 is 0 Å². The van der Waals surface area contributed by atoms with Crippen LogP contribution in [-0.4, -0.2) is 5.11 Å². The van der Waals surface area contributed by atoms with E-state index in [1.165, 1.54) is 0 Å². The summed E-state index contributed by atoms with van der Waals surface area (Å²) in [6.07, 6.45) is 1.59. The molecule has 1 aromatic carbocycles. The molecule has 0 fully saturated rings. The molecule has 0 spiro atoms. The van der Waals surface area contributed by atoms with Crippen LogP contribution in [0, 0.1) is 11.3 Å². The average Bonchev–Trinajstić information content (AvgIpc) is 2.16. The summed E-state index contributed by atoms with van der Waals surface area (Å²) in [5, 5.41) is 19.7. The molecular formula is C12H13Cl2NO. The van der Waals surface area contributed by atoms with Crippen molar-refractivity contribution in [1.82, 2.24) is 0 Å². The molecule has 0 saturated carbocycles. The minimum Gasteiger partial charge on any atom is -0.385 e. The van der Waals surface area contributed by atoms with Crippen LogP contribution in [0.2, 0.25) is 10.0 Å². The number of benzene rings is 1. The molecule has 4 heteroatoms. The molecule has 1 atom stereocenters. The molecule has 1 N–H and O–H groups in total. The Morgan fingerprint density at radius 1 is 1.31 bits per heavy atom. The van der Waals surface area contributed by atoms with E-state index in [0.717, 1.165) is 0 Å². The first kappa shape index (κ1) is 13.3. The molecule has 0 radical (unpaired) electrons. The molecule has 86 valence electrons. The first-order valence-electron chi connectivity index (χ1n) is 5.01. The minimum absolute atomic E-state index is 0.435. The van der Waals surface area contributed by atoms with Gasteiger partial charge < -0.3 is 5.11 Å². The third kappa shape index (κ3) is 3.68. The topological polar surface area (TPSA) is 44.0 Å². The van der Waals surface area contributed by atoms with Gasteiger partial charge in [0, 0.05) is 16.5 Å². The summed E-state index contributed by atoms with van der Waals surface area (Å²) in [5.41, 5.74) is -0.311. The van der Waals surface area contributed by atoms with Crippen LogP contribution in [0.3, 0.4) is 0 Å². The Bertz CT molecular complexity index is 390. The van der Waals surface area contributed by atoms with Gasteiger partial charge in [-0.25, -0.2) is 0 Å². The first-order valence-corrected chi connectivity index (χ1v) is 5.77. The average molecular weight is 258 g/mol. The zero-order valence-electron chi connectivity index (χ0n) is 9.00. The van der Waals surface area contributed by atoms with Crippen molar-refractivity contribution >= 4 is 23.2 Å². The van der Waals surface area contributed by atoms with Crippen LogP contribution < -0.4 is 0 Å². The van der Waals surface area contributed by atoms with Crippen LogP contribution in [0.4, 0.5) is 0 Å². The third-order valence-electron chi connectivity index (χ3n) is 2.44. The number of nitriles is 1. The molecule has 0 aliphatic heterocycles. The molecule has 0 aliphatic carbocycles. The fraction of sp³-hybridized carbons (Fsp3) is 0.417. The summed E-state index contributed by atoms with van der Waals surface area (Å²) in [4.78, 5) is 0. The maximum absolute atomic E-state index is 10.2. The molecule has 1 aromatic rings. The molecule has 1 unspecified atom stereocenters. The van der Waals surface area contributed by atoms with Crippen molar-refractivity contribution in [3.63, 3.8) is 0 Å². The highest BCUT2D eigenvalue weighted by molar-refractivity contribution is 6.34. The van der Waals surface area contributed by atoms with Crippen molar-refractivity contribution in [2.75, 3.05) is 0 Å². The normalized spacial score (nSPS) is 14.2. The molecule has 2 nitrogen and oxygen atoms in total. The first-order chi connectivity index (χ1) is 7.45. The number of rotatable bonds is 4. The molecule has 0 saturated heterocycles. The number of hydrogen-bond donors (Lipinski definition) is 1. The van der Waals surface area contributed by atoms with Gasteiger partial charge in [-0.2, -0.15) is 5.26 Å². The van der Waals surface area contributed by atoms with Crippen LogP contribution in [0.25, 0.3) is 0 Å². The van der Waals surface area contributed by atoms with Crippen molar-refractivity contribution in [3.8, 4) is 6.07 Å². The summed E-state index contributed by atoms with van der Waals surface area (Å²) in [6, 6.07) is 7.06. The standard InChI is InChI=1S/C12H13Cl2NO/c1-12(16,4-2-3-5-15)9-6-10(13)8-11(14)7-9/h6-8,16H,2-4H2,1H3. The summed E-state index contributed by atoms with van der Waals surface area (Å²) < 4.78 is 0. The van der Waals surface area contributed by atoms with Crippen LogP contribution in [0.1, 0.15) is 31.7 Å². The van der Waals surface area contributed by atoms with E-state index in [4.69, 9.17) is 28.5 Å². The van der Waals surface area contributed by atoms with E-state index in [9.17, 15) is 5.11 Å². The van der Waals surface area contributed by atoms with Gasteiger partial charge in [0.2, 0.25) is 0 Å². The van der Waals surface area contributed by atoms with Crippen molar-refractivity contribution in [2.45, 2.75) is 31.8 Å². The van der Waals surface area contributed by atoms with Gasteiger partial charge in [-0.1, -0.05) is 23.2 Å². The van der Waals surface area contributed by atoms with Crippen LogP contribution in [-0.2, 0) is 5.60 Å². The maximum Gasteiger partial charge on any atom is 0.0869 e. The summed E-state index contributed by atoms with van der Waals surface area (Å²) in [5.74, 6) is 0. The maximum atomic E-state index is 10.2. The number of hydrogen-bond acceptors (Lipinski definition) is 2. The molecule has 0 aliphatic rings. The summed E-state index contributed by atoms with van der Waals surface area (Å²) >= 11 is 11.7. The van der Waals surface area contributed by atoms with Crippen molar-refractivity contribution < 1.29 is 5.11 Å².